The molecule has 0 aromatic heterocycles. The highest BCUT2D eigenvalue weighted by molar-refractivity contribution is 5.87. The fraction of sp³-hybridized carbons (Fsp3) is 0.250. The van der Waals surface area contributed by atoms with Crippen molar-refractivity contribution in [3.05, 3.63) is 95.6 Å². The molecule has 5 rings (SSSR count). The van der Waals surface area contributed by atoms with Crippen LogP contribution < -0.4 is 10.6 Å². The number of carbonyl (C=O) groups excluding carboxylic acids is 2. The van der Waals surface area contributed by atoms with E-state index in [4.69, 9.17) is 9.84 Å². The van der Waals surface area contributed by atoms with Gasteiger partial charge in [0.05, 0.1) is 5.92 Å². The fourth-order valence-electron chi connectivity index (χ4n) is 4.81. The molecular weight excluding hydrogens is 444 g/mol. The molecule has 1 fully saturated rings. The van der Waals surface area contributed by atoms with E-state index in [9.17, 15) is 14.4 Å². The number of rotatable bonds is 8. The Hall–Kier alpha value is -4.13. The van der Waals surface area contributed by atoms with Gasteiger partial charge < -0.3 is 20.5 Å². The molecule has 2 aliphatic carbocycles. The lowest BCUT2D eigenvalue weighted by Gasteiger charge is -2.20. The Morgan fingerprint density at radius 1 is 0.886 bits per heavy atom. The summed E-state index contributed by atoms with van der Waals surface area (Å²) in [7, 11) is 0. The molecule has 0 spiro atoms. The molecule has 3 aromatic rings. The number of carboxylic acids is 1. The molecule has 7 nitrogen and oxygen atoms in total. The summed E-state index contributed by atoms with van der Waals surface area (Å²) in [6, 6.07) is 24.1. The second-order valence-corrected chi connectivity index (χ2v) is 9.00. The van der Waals surface area contributed by atoms with E-state index >= 15 is 0 Å². The van der Waals surface area contributed by atoms with Gasteiger partial charge in [0.15, 0.2) is 0 Å². The SMILES string of the molecule is O=C(NC(C(=O)NC[C@H]1C[C@H]1C(=O)O)c1ccccc1)OCC1c2ccccc2-c2ccccc21. The topological polar surface area (TPSA) is 105 Å². The predicted octanol–water partition coefficient (Wildman–Crippen LogP) is 4.10. The lowest BCUT2D eigenvalue weighted by molar-refractivity contribution is -0.139. The van der Waals surface area contributed by atoms with Crippen LogP contribution >= 0.6 is 0 Å². The Labute approximate surface area is 203 Å². The van der Waals surface area contributed by atoms with Gasteiger partial charge >= 0.3 is 12.1 Å². The van der Waals surface area contributed by atoms with Crippen LogP contribution in [0.1, 0.15) is 35.1 Å². The maximum absolute atomic E-state index is 12.9. The maximum atomic E-state index is 12.9. The summed E-state index contributed by atoms with van der Waals surface area (Å²) < 4.78 is 5.62. The average Bonchev–Trinajstić information content (AvgIpc) is 3.61. The summed E-state index contributed by atoms with van der Waals surface area (Å²) >= 11 is 0. The standard InChI is InChI=1S/C28H26N2O5/c31-26(29-15-18-14-23(18)27(32)33)25(17-8-2-1-3-9-17)30-28(34)35-16-24-21-12-6-4-10-19(21)20-11-5-7-13-22(20)24/h1-13,18,23-25H,14-16H2,(H,29,31)(H,30,34)(H,32,33)/t18-,23-,25?/m1/s1. The lowest BCUT2D eigenvalue weighted by atomic mass is 9.98. The zero-order valence-corrected chi connectivity index (χ0v) is 19.0. The highest BCUT2D eigenvalue weighted by atomic mass is 16.5. The van der Waals surface area contributed by atoms with Crippen LogP contribution in [0.5, 0.6) is 0 Å². The molecule has 2 aliphatic rings. The van der Waals surface area contributed by atoms with E-state index < -0.39 is 29.9 Å². The van der Waals surface area contributed by atoms with Crippen LogP contribution in [0.3, 0.4) is 0 Å². The number of nitrogens with one attached hydrogen (secondary N) is 2. The largest absolute Gasteiger partial charge is 0.481 e. The second kappa shape index (κ2) is 9.62. The predicted molar refractivity (Wildman–Crippen MR) is 130 cm³/mol. The Bertz CT molecular complexity index is 1210. The number of carboxylic acid groups (broad SMARTS) is 1. The fourth-order valence-corrected chi connectivity index (χ4v) is 4.81. The first kappa shape index (κ1) is 22.7. The molecule has 3 aromatic carbocycles. The molecule has 35 heavy (non-hydrogen) atoms. The van der Waals surface area contributed by atoms with Gasteiger partial charge in [-0.3, -0.25) is 9.59 Å². The zero-order chi connectivity index (χ0) is 24.4. The van der Waals surface area contributed by atoms with Gasteiger partial charge in [0.1, 0.15) is 12.6 Å². The van der Waals surface area contributed by atoms with Crippen LogP contribution in [-0.2, 0) is 14.3 Å². The van der Waals surface area contributed by atoms with E-state index in [0.717, 1.165) is 22.3 Å². The summed E-state index contributed by atoms with van der Waals surface area (Å²) in [4.78, 5) is 36.8. The molecule has 0 saturated heterocycles. The molecule has 1 saturated carbocycles. The summed E-state index contributed by atoms with van der Waals surface area (Å²) in [6.07, 6.45) is -0.142. The Balaban J connectivity index is 1.25. The third-order valence-electron chi connectivity index (χ3n) is 6.78. The summed E-state index contributed by atoms with van der Waals surface area (Å²) in [5.74, 6) is -1.83. The van der Waals surface area contributed by atoms with Gasteiger partial charge in [-0.1, -0.05) is 78.9 Å². The van der Waals surface area contributed by atoms with Gasteiger partial charge in [0, 0.05) is 12.5 Å². The molecule has 3 N–H and O–H groups in total. The number of benzene rings is 3. The molecule has 178 valence electrons. The van der Waals surface area contributed by atoms with E-state index in [0.29, 0.717) is 12.0 Å². The number of hydrogen-bond donors (Lipinski definition) is 3. The van der Waals surface area contributed by atoms with Crippen molar-refractivity contribution < 1.29 is 24.2 Å². The van der Waals surface area contributed by atoms with E-state index in [-0.39, 0.29) is 25.0 Å². The second-order valence-electron chi connectivity index (χ2n) is 9.00. The van der Waals surface area contributed by atoms with Crippen molar-refractivity contribution in [2.75, 3.05) is 13.2 Å². The number of alkyl carbamates (subject to hydrolysis) is 1. The molecular formula is C28H26N2O5. The third-order valence-corrected chi connectivity index (χ3v) is 6.78. The van der Waals surface area contributed by atoms with Crippen molar-refractivity contribution in [1.29, 1.82) is 0 Å². The number of ether oxygens (including phenoxy) is 1. The monoisotopic (exact) mass is 470 g/mol. The Morgan fingerprint density at radius 3 is 2.09 bits per heavy atom. The molecule has 0 radical (unpaired) electrons. The van der Waals surface area contributed by atoms with E-state index in [1.165, 1.54) is 0 Å². The van der Waals surface area contributed by atoms with Crippen LogP contribution in [-0.4, -0.2) is 36.2 Å². The van der Waals surface area contributed by atoms with Crippen molar-refractivity contribution >= 4 is 18.0 Å². The molecule has 7 heteroatoms. The van der Waals surface area contributed by atoms with Crippen molar-refractivity contribution in [2.45, 2.75) is 18.4 Å². The Morgan fingerprint density at radius 2 is 1.49 bits per heavy atom. The molecule has 0 heterocycles. The van der Waals surface area contributed by atoms with Crippen LogP contribution in [0.15, 0.2) is 78.9 Å². The average molecular weight is 471 g/mol. The minimum atomic E-state index is -0.950. The highest BCUT2D eigenvalue weighted by Crippen LogP contribution is 2.44. The van der Waals surface area contributed by atoms with Crippen LogP contribution in [0, 0.1) is 11.8 Å². The first-order valence-electron chi connectivity index (χ1n) is 11.7. The van der Waals surface area contributed by atoms with E-state index in [1.807, 2.05) is 42.5 Å². The van der Waals surface area contributed by atoms with E-state index in [2.05, 4.69) is 22.8 Å². The van der Waals surface area contributed by atoms with Gasteiger partial charge in [-0.2, -0.15) is 0 Å². The number of fused-ring (bicyclic) bond motifs is 3. The number of amides is 2. The molecule has 3 atom stereocenters. The Kier molecular flexibility index (Phi) is 6.23. The smallest absolute Gasteiger partial charge is 0.408 e. The van der Waals surface area contributed by atoms with Gasteiger partial charge in [0.25, 0.3) is 0 Å². The highest BCUT2D eigenvalue weighted by Gasteiger charge is 2.43. The lowest BCUT2D eigenvalue weighted by Crippen LogP contribution is -2.41. The minimum absolute atomic E-state index is 0.0812. The number of hydrogen-bond acceptors (Lipinski definition) is 4. The normalized spacial score (nSPS) is 18.6. The first-order chi connectivity index (χ1) is 17.0. The molecule has 1 unspecified atom stereocenters. The zero-order valence-electron chi connectivity index (χ0n) is 19.0. The summed E-state index contributed by atoms with van der Waals surface area (Å²) in [6.45, 7) is 0.400. The van der Waals surface area contributed by atoms with Gasteiger partial charge in [0.2, 0.25) is 5.91 Å². The van der Waals surface area contributed by atoms with Gasteiger partial charge in [-0.15, -0.1) is 0 Å². The number of aliphatic carboxylic acids is 1. The van der Waals surface area contributed by atoms with Gasteiger partial charge in [-0.25, -0.2) is 4.79 Å². The van der Waals surface area contributed by atoms with E-state index in [1.54, 1.807) is 24.3 Å². The van der Waals surface area contributed by atoms with Crippen molar-refractivity contribution in [3.63, 3.8) is 0 Å². The molecule has 0 bridgehead atoms. The van der Waals surface area contributed by atoms with Crippen LogP contribution in [0.2, 0.25) is 0 Å². The minimum Gasteiger partial charge on any atom is -0.481 e. The van der Waals surface area contributed by atoms with Crippen LogP contribution in [0.4, 0.5) is 4.79 Å². The maximum Gasteiger partial charge on any atom is 0.408 e. The molecule has 2 amide bonds. The van der Waals surface area contributed by atoms with Crippen molar-refractivity contribution in [3.8, 4) is 11.1 Å². The van der Waals surface area contributed by atoms with Crippen LogP contribution in [0.25, 0.3) is 11.1 Å². The quantitative estimate of drug-likeness (QED) is 0.460. The summed E-state index contributed by atoms with van der Waals surface area (Å²) in [5.41, 5.74) is 5.11. The third kappa shape index (κ3) is 4.75. The molecule has 0 aliphatic heterocycles. The summed E-state index contributed by atoms with van der Waals surface area (Å²) in [5, 5.41) is 14.6. The van der Waals surface area contributed by atoms with Gasteiger partial charge in [-0.05, 0) is 40.2 Å². The van der Waals surface area contributed by atoms with Crippen molar-refractivity contribution in [2.24, 2.45) is 11.8 Å². The first-order valence-corrected chi connectivity index (χ1v) is 11.7. The number of carbonyl (C=O) groups is 3. The van der Waals surface area contributed by atoms with Crippen molar-refractivity contribution in [1.82, 2.24) is 10.6 Å².